The quantitative estimate of drug-likeness (QED) is 0.384. The van der Waals surface area contributed by atoms with E-state index in [2.05, 4.69) is 25.6 Å². The van der Waals surface area contributed by atoms with Gasteiger partial charge in [-0.25, -0.2) is 24.1 Å². The van der Waals surface area contributed by atoms with Crippen molar-refractivity contribution in [3.05, 3.63) is 54.1 Å². The summed E-state index contributed by atoms with van der Waals surface area (Å²) < 4.78 is 28.4. The summed E-state index contributed by atoms with van der Waals surface area (Å²) in [6.45, 7) is 3.60. The van der Waals surface area contributed by atoms with Crippen LogP contribution in [-0.2, 0) is 17.7 Å². The van der Waals surface area contributed by atoms with Crippen LogP contribution in [0.4, 0.5) is 26.4 Å². The molecule has 1 aromatic carbocycles. The van der Waals surface area contributed by atoms with E-state index in [1.54, 1.807) is 30.9 Å². The zero-order valence-corrected chi connectivity index (χ0v) is 18.8. The Morgan fingerprint density at radius 1 is 1.29 bits per heavy atom. The SMILES string of the molecule is Cc1c(-c2cc3cc(NC(=O)O[C@@H]4Cc5cncn5C4)ncc3c(N)c2F)cnc2c1NCCO2. The molecule has 0 bridgehead atoms. The van der Waals surface area contributed by atoms with Gasteiger partial charge in [0.05, 0.1) is 18.6 Å². The average molecular weight is 475 g/mol. The summed E-state index contributed by atoms with van der Waals surface area (Å²) in [5, 5.41) is 6.98. The molecule has 35 heavy (non-hydrogen) atoms. The summed E-state index contributed by atoms with van der Waals surface area (Å²) in [6, 6.07) is 3.32. The lowest BCUT2D eigenvalue weighted by Gasteiger charge is -2.22. The van der Waals surface area contributed by atoms with Crippen molar-refractivity contribution in [3.8, 4) is 17.0 Å². The Morgan fingerprint density at radius 3 is 3.03 bits per heavy atom. The lowest BCUT2D eigenvalue weighted by atomic mass is 9.97. The molecule has 1 amide bonds. The smallest absolute Gasteiger partial charge is 0.413 e. The highest BCUT2D eigenvalue weighted by Crippen LogP contribution is 2.39. The van der Waals surface area contributed by atoms with Crippen LogP contribution in [0.2, 0.25) is 0 Å². The van der Waals surface area contributed by atoms with E-state index in [0.29, 0.717) is 53.9 Å². The number of ether oxygens (including phenoxy) is 2. The maximum atomic E-state index is 15.3. The highest BCUT2D eigenvalue weighted by atomic mass is 19.1. The van der Waals surface area contributed by atoms with Crippen LogP contribution in [-0.4, -0.2) is 44.9 Å². The number of amides is 1. The third kappa shape index (κ3) is 3.65. The summed E-state index contributed by atoms with van der Waals surface area (Å²) >= 11 is 0. The van der Waals surface area contributed by atoms with Crippen LogP contribution in [0.3, 0.4) is 0 Å². The molecule has 178 valence electrons. The van der Waals surface area contributed by atoms with Gasteiger partial charge >= 0.3 is 6.09 Å². The number of fused-ring (bicyclic) bond motifs is 3. The molecular formula is C24H22FN7O3. The van der Waals surface area contributed by atoms with Gasteiger partial charge in [-0.15, -0.1) is 0 Å². The fraction of sp³-hybridized carbons (Fsp3) is 0.250. The molecule has 0 unspecified atom stereocenters. The van der Waals surface area contributed by atoms with Gasteiger partial charge < -0.3 is 25.1 Å². The number of imidazole rings is 1. The molecule has 1 atom stereocenters. The number of benzene rings is 1. The molecular weight excluding hydrogens is 453 g/mol. The van der Waals surface area contributed by atoms with Gasteiger partial charge in [0.25, 0.3) is 0 Å². The first-order valence-electron chi connectivity index (χ1n) is 11.2. The van der Waals surface area contributed by atoms with Gasteiger partial charge in [0.2, 0.25) is 5.88 Å². The summed E-state index contributed by atoms with van der Waals surface area (Å²) in [5.41, 5.74) is 9.57. The summed E-state index contributed by atoms with van der Waals surface area (Å²) in [4.78, 5) is 25.1. The van der Waals surface area contributed by atoms with Crippen LogP contribution in [0.25, 0.3) is 21.9 Å². The van der Waals surface area contributed by atoms with Crippen molar-refractivity contribution in [2.45, 2.75) is 26.0 Å². The highest BCUT2D eigenvalue weighted by molar-refractivity contribution is 5.99. The normalized spacial score (nSPS) is 16.2. The zero-order chi connectivity index (χ0) is 24.1. The Balaban J connectivity index is 1.29. The van der Waals surface area contributed by atoms with Crippen molar-refractivity contribution in [2.24, 2.45) is 0 Å². The third-order valence-corrected chi connectivity index (χ3v) is 6.37. The number of carbonyl (C=O) groups is 1. The van der Waals surface area contributed by atoms with Crippen molar-refractivity contribution in [1.82, 2.24) is 19.5 Å². The van der Waals surface area contributed by atoms with E-state index < -0.39 is 11.9 Å². The Morgan fingerprint density at radius 2 is 2.17 bits per heavy atom. The topological polar surface area (TPSA) is 129 Å². The first-order chi connectivity index (χ1) is 17.0. The molecule has 11 heteroatoms. The molecule has 0 spiro atoms. The number of carbonyl (C=O) groups excluding carboxylic acids is 1. The van der Waals surface area contributed by atoms with E-state index in [1.807, 2.05) is 11.5 Å². The molecule has 4 N–H and O–H groups in total. The van der Waals surface area contributed by atoms with Crippen LogP contribution in [0.1, 0.15) is 11.3 Å². The minimum atomic E-state index is -0.614. The molecule has 2 aliphatic heterocycles. The van der Waals surface area contributed by atoms with Gasteiger partial charge in [-0.2, -0.15) is 0 Å². The predicted octanol–water partition coefficient (Wildman–Crippen LogP) is 3.50. The average Bonchev–Trinajstić information content (AvgIpc) is 3.44. The van der Waals surface area contributed by atoms with E-state index in [1.165, 1.54) is 6.20 Å². The van der Waals surface area contributed by atoms with Gasteiger partial charge in [-0.05, 0) is 30.0 Å². The number of pyridine rings is 2. The Labute approximate surface area is 199 Å². The molecule has 5 heterocycles. The van der Waals surface area contributed by atoms with Gasteiger partial charge in [-0.3, -0.25) is 5.32 Å². The van der Waals surface area contributed by atoms with Crippen LogP contribution >= 0.6 is 0 Å². The van der Waals surface area contributed by atoms with Crippen LogP contribution in [0, 0.1) is 12.7 Å². The maximum Gasteiger partial charge on any atom is 0.413 e. The van der Waals surface area contributed by atoms with Gasteiger partial charge in [-0.1, -0.05) is 0 Å². The minimum Gasteiger partial charge on any atom is -0.474 e. The molecule has 2 aliphatic rings. The lowest BCUT2D eigenvalue weighted by molar-refractivity contribution is 0.111. The number of halogens is 1. The summed E-state index contributed by atoms with van der Waals surface area (Å²) in [7, 11) is 0. The van der Waals surface area contributed by atoms with Crippen molar-refractivity contribution in [1.29, 1.82) is 0 Å². The van der Waals surface area contributed by atoms with E-state index in [4.69, 9.17) is 15.2 Å². The van der Waals surface area contributed by atoms with Crippen LogP contribution in [0.5, 0.6) is 5.88 Å². The van der Waals surface area contributed by atoms with Gasteiger partial charge in [0, 0.05) is 53.8 Å². The Hall–Kier alpha value is -4.41. The first kappa shape index (κ1) is 21.1. The molecule has 3 aromatic heterocycles. The lowest BCUT2D eigenvalue weighted by Crippen LogP contribution is -2.23. The number of nitrogens with two attached hydrogens (primary N) is 1. The van der Waals surface area contributed by atoms with Crippen molar-refractivity contribution >= 4 is 34.1 Å². The number of rotatable bonds is 3. The molecule has 0 fully saturated rings. The Bertz CT molecular complexity index is 1470. The maximum absolute atomic E-state index is 15.3. The Kier molecular flexibility index (Phi) is 4.90. The van der Waals surface area contributed by atoms with Crippen molar-refractivity contribution < 1.29 is 18.7 Å². The minimum absolute atomic E-state index is 0.0260. The number of nitrogens with one attached hydrogen (secondary N) is 2. The molecule has 0 saturated carbocycles. The number of hydrogen-bond acceptors (Lipinski definition) is 8. The predicted molar refractivity (Wildman–Crippen MR) is 128 cm³/mol. The molecule has 10 nitrogen and oxygen atoms in total. The van der Waals surface area contributed by atoms with E-state index in [0.717, 1.165) is 16.9 Å². The summed E-state index contributed by atoms with van der Waals surface area (Å²) in [5.74, 6) is 0.210. The van der Waals surface area contributed by atoms with E-state index in [9.17, 15) is 4.79 Å². The second-order valence-corrected chi connectivity index (χ2v) is 8.59. The number of hydrogen-bond donors (Lipinski definition) is 3. The zero-order valence-electron chi connectivity index (χ0n) is 18.8. The second-order valence-electron chi connectivity index (χ2n) is 8.59. The fourth-order valence-corrected chi connectivity index (χ4v) is 4.62. The second kappa shape index (κ2) is 8.12. The number of nitrogens with zero attached hydrogens (tertiary/aromatic N) is 4. The van der Waals surface area contributed by atoms with Crippen LogP contribution < -0.4 is 21.1 Å². The monoisotopic (exact) mass is 475 g/mol. The van der Waals surface area contributed by atoms with Crippen molar-refractivity contribution in [3.63, 3.8) is 0 Å². The first-order valence-corrected chi connectivity index (χ1v) is 11.2. The van der Waals surface area contributed by atoms with Crippen LogP contribution in [0.15, 0.2) is 37.1 Å². The summed E-state index contributed by atoms with van der Waals surface area (Å²) in [6.07, 6.45) is 6.20. The molecule has 6 rings (SSSR count). The third-order valence-electron chi connectivity index (χ3n) is 6.37. The fourth-order valence-electron chi connectivity index (χ4n) is 4.62. The van der Waals surface area contributed by atoms with Gasteiger partial charge in [0.15, 0.2) is 5.82 Å². The largest absolute Gasteiger partial charge is 0.474 e. The van der Waals surface area contributed by atoms with E-state index >= 15 is 4.39 Å². The highest BCUT2D eigenvalue weighted by Gasteiger charge is 2.25. The number of aromatic nitrogens is 4. The molecule has 0 saturated heterocycles. The number of anilines is 3. The molecule has 4 aromatic rings. The standard InChI is InChI=1S/C24H22FN7O3/c1-12-17(8-30-23-22(12)28-2-3-34-23)16-4-13-5-19(29-9-18(13)21(26)20(16)25)31-24(33)35-15-6-14-7-27-11-32(14)10-15/h4-5,7-9,11,15,28H,2-3,6,10,26H2,1H3,(H,29,31,33)/t15-/m1/s1. The molecule has 0 radical (unpaired) electrons. The van der Waals surface area contributed by atoms with E-state index in [-0.39, 0.29) is 17.6 Å². The molecule has 0 aliphatic carbocycles. The van der Waals surface area contributed by atoms with Crippen molar-refractivity contribution in [2.75, 3.05) is 29.5 Å². The van der Waals surface area contributed by atoms with Gasteiger partial charge in [0.1, 0.15) is 24.2 Å². The number of nitrogen functional groups attached to an aromatic ring is 1.